The van der Waals surface area contributed by atoms with Gasteiger partial charge in [-0.1, -0.05) is 0 Å². The van der Waals surface area contributed by atoms with Crippen molar-refractivity contribution in [2.45, 2.75) is 18.6 Å². The first-order chi connectivity index (χ1) is 15.5. The average molecular weight is 460 g/mol. The van der Waals surface area contributed by atoms with Gasteiger partial charge in [0.25, 0.3) is 0 Å². The highest BCUT2D eigenvalue weighted by atomic mass is 19.1. The van der Waals surface area contributed by atoms with Gasteiger partial charge in [0.1, 0.15) is 23.4 Å². The van der Waals surface area contributed by atoms with E-state index in [0.29, 0.717) is 6.07 Å². The molecule has 0 amide bonds. The van der Waals surface area contributed by atoms with Crippen LogP contribution >= 0.6 is 0 Å². The highest BCUT2D eigenvalue weighted by molar-refractivity contribution is 5.90. The van der Waals surface area contributed by atoms with E-state index in [1.165, 1.54) is 6.07 Å². The summed E-state index contributed by atoms with van der Waals surface area (Å²) >= 11 is 0. The Kier molecular flexibility index (Phi) is 5.16. The Labute approximate surface area is 184 Å². The Hall–Kier alpha value is -4.54. The van der Waals surface area contributed by atoms with Gasteiger partial charge < -0.3 is 45.2 Å². The van der Waals surface area contributed by atoms with Crippen LogP contribution in [0.15, 0.2) is 36.4 Å². The number of benzene rings is 3. The molecule has 33 heavy (non-hydrogen) atoms. The fourth-order valence-electron chi connectivity index (χ4n) is 3.53. The first kappa shape index (κ1) is 21.7. The Morgan fingerprint density at radius 2 is 1.48 bits per heavy atom. The molecule has 4 rings (SSSR count). The van der Waals surface area contributed by atoms with E-state index in [2.05, 4.69) is 0 Å². The number of rotatable bonds is 3. The molecular weight excluding hydrogens is 443 g/mol. The minimum absolute atomic E-state index is 0.0326. The lowest BCUT2D eigenvalue weighted by atomic mass is 9.93. The molecule has 0 bridgehead atoms. The summed E-state index contributed by atoms with van der Waals surface area (Å²) in [5.74, 6) is -7.09. The molecule has 0 fully saturated rings. The zero-order valence-corrected chi connectivity index (χ0v) is 16.6. The van der Waals surface area contributed by atoms with Crippen molar-refractivity contribution in [3.05, 3.63) is 58.9 Å². The summed E-state index contributed by atoms with van der Waals surface area (Å²) < 4.78 is 25.0. The molecule has 0 saturated heterocycles. The van der Waals surface area contributed by atoms with Crippen molar-refractivity contribution in [1.29, 1.82) is 0 Å². The summed E-state index contributed by atoms with van der Waals surface area (Å²) in [5.41, 5.74) is -0.193. The molecule has 0 aromatic heterocycles. The molecule has 10 nitrogen and oxygen atoms in total. The second-order valence-electron chi connectivity index (χ2n) is 7.36. The molecule has 7 N–H and O–H groups in total. The van der Waals surface area contributed by atoms with Crippen molar-refractivity contribution < 1.29 is 54.4 Å². The van der Waals surface area contributed by atoms with Crippen LogP contribution in [-0.2, 0) is 11.2 Å². The molecule has 3 aromatic rings. The third-order valence-corrected chi connectivity index (χ3v) is 5.13. The highest BCUT2D eigenvalue weighted by Crippen LogP contribution is 2.45. The van der Waals surface area contributed by atoms with E-state index in [0.717, 1.165) is 24.3 Å². The lowest BCUT2D eigenvalue weighted by Crippen LogP contribution is -2.34. The van der Waals surface area contributed by atoms with E-state index in [1.807, 2.05) is 0 Å². The van der Waals surface area contributed by atoms with Crippen molar-refractivity contribution in [2.75, 3.05) is 0 Å². The van der Waals surface area contributed by atoms with E-state index in [-0.39, 0.29) is 34.8 Å². The molecule has 1 aliphatic rings. The SMILES string of the molecule is O=C(OC1Cc2c(O)cc(O)cc2O[C@@H]1c1cc(O)c(O)c(O)c1)c1cc(O)c(O)c(F)c1. The number of ether oxygens (including phenoxy) is 2. The van der Waals surface area contributed by atoms with Gasteiger partial charge in [-0.3, -0.25) is 0 Å². The molecule has 11 heteroatoms. The fourth-order valence-corrected chi connectivity index (χ4v) is 3.53. The van der Waals surface area contributed by atoms with Gasteiger partial charge >= 0.3 is 5.97 Å². The van der Waals surface area contributed by atoms with Gasteiger partial charge in [-0.25, -0.2) is 9.18 Å². The molecule has 1 aliphatic heterocycles. The molecule has 2 atom stereocenters. The highest BCUT2D eigenvalue weighted by Gasteiger charge is 2.37. The number of phenols is 7. The Morgan fingerprint density at radius 1 is 0.848 bits per heavy atom. The monoisotopic (exact) mass is 460 g/mol. The standard InChI is InChI=1S/C22H17FO10/c23-12-1-9(4-14(26)19(12)29)22(31)33-18-7-11-13(25)5-10(24)6-17(11)32-21(18)8-2-15(27)20(30)16(28)3-8/h1-6,18,21,24-30H,7H2/t18?,21-/m1/s1. The van der Waals surface area contributed by atoms with Crippen LogP contribution in [0.25, 0.3) is 0 Å². The summed E-state index contributed by atoms with van der Waals surface area (Å²) in [6.45, 7) is 0. The second-order valence-corrected chi connectivity index (χ2v) is 7.36. The first-order valence-corrected chi connectivity index (χ1v) is 9.44. The van der Waals surface area contributed by atoms with E-state index >= 15 is 0 Å². The van der Waals surface area contributed by atoms with E-state index < -0.39 is 58.3 Å². The number of carbonyl (C=O) groups is 1. The van der Waals surface area contributed by atoms with Crippen LogP contribution in [0.5, 0.6) is 46.0 Å². The molecule has 0 saturated carbocycles. The molecule has 1 heterocycles. The quantitative estimate of drug-likeness (QED) is 0.227. The number of phenolic OH excluding ortho intramolecular Hbond substituents is 7. The number of halogens is 1. The van der Waals surface area contributed by atoms with Crippen LogP contribution in [-0.4, -0.2) is 47.8 Å². The van der Waals surface area contributed by atoms with Gasteiger partial charge in [-0.05, 0) is 24.3 Å². The van der Waals surface area contributed by atoms with Crippen molar-refractivity contribution in [2.24, 2.45) is 0 Å². The zero-order valence-electron chi connectivity index (χ0n) is 16.6. The van der Waals surface area contributed by atoms with Crippen molar-refractivity contribution in [3.63, 3.8) is 0 Å². The van der Waals surface area contributed by atoms with Crippen LogP contribution in [0.3, 0.4) is 0 Å². The summed E-state index contributed by atoms with van der Waals surface area (Å²) in [7, 11) is 0. The summed E-state index contributed by atoms with van der Waals surface area (Å²) in [4.78, 5) is 12.7. The molecule has 0 radical (unpaired) electrons. The van der Waals surface area contributed by atoms with Gasteiger partial charge in [-0.2, -0.15) is 0 Å². The summed E-state index contributed by atoms with van der Waals surface area (Å²) in [6.07, 6.45) is -2.59. The number of hydrogen-bond acceptors (Lipinski definition) is 10. The fraction of sp³-hybridized carbons (Fsp3) is 0.136. The lowest BCUT2D eigenvalue weighted by Gasteiger charge is -2.34. The van der Waals surface area contributed by atoms with Crippen LogP contribution < -0.4 is 4.74 Å². The minimum Gasteiger partial charge on any atom is -0.508 e. The van der Waals surface area contributed by atoms with E-state index in [9.17, 15) is 44.9 Å². The predicted molar refractivity (Wildman–Crippen MR) is 107 cm³/mol. The number of hydrogen-bond donors (Lipinski definition) is 7. The van der Waals surface area contributed by atoms with Gasteiger partial charge in [0.05, 0.1) is 5.56 Å². The topological polar surface area (TPSA) is 177 Å². The molecule has 0 spiro atoms. The molecule has 172 valence electrons. The smallest absolute Gasteiger partial charge is 0.338 e. The van der Waals surface area contributed by atoms with Crippen LogP contribution in [0.4, 0.5) is 4.39 Å². The number of aromatic hydroxyl groups is 7. The van der Waals surface area contributed by atoms with Crippen LogP contribution in [0.2, 0.25) is 0 Å². The number of carbonyl (C=O) groups excluding carboxylic acids is 1. The Balaban J connectivity index is 1.75. The van der Waals surface area contributed by atoms with Crippen LogP contribution in [0, 0.1) is 5.82 Å². The Morgan fingerprint density at radius 3 is 2.12 bits per heavy atom. The van der Waals surface area contributed by atoms with Crippen molar-refractivity contribution >= 4 is 5.97 Å². The van der Waals surface area contributed by atoms with Gasteiger partial charge in [0.15, 0.2) is 40.7 Å². The summed E-state index contributed by atoms with van der Waals surface area (Å²) in [6, 6.07) is 5.81. The van der Waals surface area contributed by atoms with E-state index in [4.69, 9.17) is 9.47 Å². The predicted octanol–water partition coefficient (Wildman–Crippen LogP) is 2.67. The second kappa shape index (κ2) is 7.86. The average Bonchev–Trinajstić information content (AvgIpc) is 2.75. The zero-order chi connectivity index (χ0) is 24.0. The van der Waals surface area contributed by atoms with Gasteiger partial charge in [0, 0.05) is 29.7 Å². The van der Waals surface area contributed by atoms with E-state index in [1.54, 1.807) is 0 Å². The maximum atomic E-state index is 13.8. The Bertz CT molecular complexity index is 1230. The minimum atomic E-state index is -1.26. The van der Waals surface area contributed by atoms with Crippen molar-refractivity contribution in [3.8, 4) is 46.0 Å². The molecular formula is C22H17FO10. The van der Waals surface area contributed by atoms with Crippen LogP contribution in [0.1, 0.15) is 27.6 Å². The largest absolute Gasteiger partial charge is 0.508 e. The number of fused-ring (bicyclic) bond motifs is 1. The summed E-state index contributed by atoms with van der Waals surface area (Å²) in [5, 5.41) is 68.3. The molecule has 0 aliphatic carbocycles. The third kappa shape index (κ3) is 3.91. The molecule has 3 aromatic carbocycles. The maximum absolute atomic E-state index is 13.8. The van der Waals surface area contributed by atoms with Crippen molar-refractivity contribution in [1.82, 2.24) is 0 Å². The molecule has 1 unspecified atom stereocenters. The normalized spacial score (nSPS) is 17.1. The number of esters is 1. The van der Waals surface area contributed by atoms with Gasteiger partial charge in [0.2, 0.25) is 0 Å². The van der Waals surface area contributed by atoms with Gasteiger partial charge in [-0.15, -0.1) is 0 Å². The third-order valence-electron chi connectivity index (χ3n) is 5.13. The maximum Gasteiger partial charge on any atom is 0.338 e. The first-order valence-electron chi connectivity index (χ1n) is 9.44. The lowest BCUT2D eigenvalue weighted by molar-refractivity contribution is -0.0189.